The molecule has 1 aromatic carbocycles. The van der Waals surface area contributed by atoms with E-state index in [2.05, 4.69) is 5.32 Å². The minimum absolute atomic E-state index is 0.0267. The summed E-state index contributed by atoms with van der Waals surface area (Å²) in [6.07, 6.45) is 3.13. The minimum atomic E-state index is -3.63. The van der Waals surface area contributed by atoms with Gasteiger partial charge in [-0.25, -0.2) is 8.42 Å². The third kappa shape index (κ3) is 6.54. The van der Waals surface area contributed by atoms with Crippen molar-refractivity contribution in [3.05, 3.63) is 24.3 Å². The predicted molar refractivity (Wildman–Crippen MR) is 123 cm³/mol. The molecule has 1 atom stereocenters. The highest BCUT2D eigenvalue weighted by Gasteiger charge is 2.33. The van der Waals surface area contributed by atoms with Gasteiger partial charge in [-0.1, -0.05) is 0 Å². The molecule has 0 aliphatic carbocycles. The van der Waals surface area contributed by atoms with Gasteiger partial charge in [-0.05, 0) is 62.8 Å². The molecule has 33 heavy (non-hydrogen) atoms. The lowest BCUT2D eigenvalue weighted by Crippen LogP contribution is -2.44. The van der Waals surface area contributed by atoms with Crippen LogP contribution in [0.15, 0.2) is 29.2 Å². The molecule has 1 aromatic rings. The summed E-state index contributed by atoms with van der Waals surface area (Å²) in [5, 5.41) is 2.62. The Morgan fingerprint density at radius 2 is 1.73 bits per heavy atom. The van der Waals surface area contributed by atoms with Gasteiger partial charge in [0.1, 0.15) is 0 Å². The first-order chi connectivity index (χ1) is 15.7. The Hall–Kier alpha value is -2.46. The Kier molecular flexibility index (Phi) is 8.47. The maximum Gasteiger partial charge on any atom is 0.310 e. The first-order valence-corrected chi connectivity index (χ1v) is 13.0. The second-order valence-corrected chi connectivity index (χ2v) is 10.6. The Morgan fingerprint density at radius 1 is 1.06 bits per heavy atom. The number of ether oxygens (including phenoxy) is 1. The summed E-state index contributed by atoms with van der Waals surface area (Å²) in [7, 11) is -3.63. The zero-order valence-electron chi connectivity index (χ0n) is 19.3. The summed E-state index contributed by atoms with van der Waals surface area (Å²) >= 11 is 0. The van der Waals surface area contributed by atoms with Gasteiger partial charge in [-0.3, -0.25) is 14.4 Å². The average Bonchev–Trinajstić information content (AvgIpc) is 2.79. The fourth-order valence-corrected chi connectivity index (χ4v) is 5.92. The number of hydrogen-bond donors (Lipinski definition) is 1. The van der Waals surface area contributed by atoms with Crippen LogP contribution in [-0.4, -0.2) is 68.2 Å². The molecule has 0 bridgehead atoms. The van der Waals surface area contributed by atoms with Crippen LogP contribution < -0.4 is 5.32 Å². The molecule has 9 nitrogen and oxygen atoms in total. The fourth-order valence-electron chi connectivity index (χ4n) is 4.45. The van der Waals surface area contributed by atoms with E-state index in [4.69, 9.17) is 4.74 Å². The van der Waals surface area contributed by atoms with Crippen LogP contribution in [0.3, 0.4) is 0 Å². The average molecular weight is 480 g/mol. The van der Waals surface area contributed by atoms with Crippen molar-refractivity contribution < 1.29 is 27.5 Å². The standard InChI is InChI=1S/C23H33N3O6S/c1-3-32-23(29)19-5-4-12-25(16-19)22(28)15-18-10-13-26(14-11-18)33(30,31)21-8-6-20(7-9-21)24-17(2)27/h6-9,18-19H,3-5,10-16H2,1-2H3,(H,24,27)/t19-/m1/s1. The highest BCUT2D eigenvalue weighted by atomic mass is 32.2. The highest BCUT2D eigenvalue weighted by Crippen LogP contribution is 2.28. The summed E-state index contributed by atoms with van der Waals surface area (Å²) < 4.78 is 32.5. The van der Waals surface area contributed by atoms with Crippen molar-refractivity contribution in [2.75, 3.05) is 38.1 Å². The van der Waals surface area contributed by atoms with Crippen molar-refractivity contribution in [1.82, 2.24) is 9.21 Å². The number of nitrogens with zero attached hydrogens (tertiary/aromatic N) is 2. The molecule has 0 unspecified atom stereocenters. The molecule has 2 fully saturated rings. The van der Waals surface area contributed by atoms with Crippen molar-refractivity contribution in [2.24, 2.45) is 11.8 Å². The lowest BCUT2D eigenvalue weighted by Gasteiger charge is -2.34. The van der Waals surface area contributed by atoms with Crippen molar-refractivity contribution in [3.63, 3.8) is 0 Å². The number of piperidine rings is 2. The van der Waals surface area contributed by atoms with Crippen molar-refractivity contribution >= 4 is 33.5 Å². The highest BCUT2D eigenvalue weighted by molar-refractivity contribution is 7.89. The van der Waals surface area contributed by atoms with Gasteiger partial charge >= 0.3 is 5.97 Å². The molecule has 1 N–H and O–H groups in total. The maximum atomic E-state index is 13.0. The van der Waals surface area contributed by atoms with E-state index in [0.717, 1.165) is 12.8 Å². The van der Waals surface area contributed by atoms with Crippen LogP contribution in [0.25, 0.3) is 0 Å². The van der Waals surface area contributed by atoms with E-state index in [0.29, 0.717) is 57.7 Å². The molecule has 3 rings (SSSR count). The Morgan fingerprint density at radius 3 is 2.33 bits per heavy atom. The summed E-state index contributed by atoms with van der Waals surface area (Å²) in [5.41, 5.74) is 0.543. The Labute approximate surface area is 195 Å². The van der Waals surface area contributed by atoms with Crippen LogP contribution in [0.5, 0.6) is 0 Å². The molecule has 2 amide bonds. The van der Waals surface area contributed by atoms with Gasteiger partial charge < -0.3 is 15.0 Å². The van der Waals surface area contributed by atoms with E-state index >= 15 is 0 Å². The summed E-state index contributed by atoms with van der Waals surface area (Å²) in [5.74, 6) is -0.568. The number of esters is 1. The van der Waals surface area contributed by atoms with E-state index in [-0.39, 0.29) is 34.5 Å². The van der Waals surface area contributed by atoms with Gasteiger partial charge in [0.25, 0.3) is 0 Å². The zero-order valence-corrected chi connectivity index (χ0v) is 20.1. The van der Waals surface area contributed by atoms with Crippen LogP contribution in [0.2, 0.25) is 0 Å². The number of anilines is 1. The number of rotatable bonds is 7. The molecule has 2 aliphatic rings. The first-order valence-electron chi connectivity index (χ1n) is 11.5. The van der Waals surface area contributed by atoms with E-state index in [1.807, 2.05) is 0 Å². The molecule has 0 spiro atoms. The third-order valence-corrected chi connectivity index (χ3v) is 8.16. The predicted octanol–water partition coefficient (Wildman–Crippen LogP) is 2.24. The SMILES string of the molecule is CCOC(=O)[C@@H]1CCCN(C(=O)CC2CCN(S(=O)(=O)c3ccc(NC(C)=O)cc3)CC2)C1. The van der Waals surface area contributed by atoms with Crippen molar-refractivity contribution in [3.8, 4) is 0 Å². The molecule has 0 saturated carbocycles. The summed E-state index contributed by atoms with van der Waals surface area (Å²) in [4.78, 5) is 37.9. The largest absolute Gasteiger partial charge is 0.466 e. The number of amides is 2. The number of carbonyl (C=O) groups excluding carboxylic acids is 3. The lowest BCUT2D eigenvalue weighted by atomic mass is 9.92. The Bertz CT molecular complexity index is 955. The topological polar surface area (TPSA) is 113 Å². The molecule has 0 radical (unpaired) electrons. The van der Waals surface area contributed by atoms with E-state index < -0.39 is 10.0 Å². The fraction of sp³-hybridized carbons (Fsp3) is 0.609. The summed E-state index contributed by atoms with van der Waals surface area (Å²) in [6.45, 7) is 5.28. The Balaban J connectivity index is 1.51. The van der Waals surface area contributed by atoms with Gasteiger partial charge in [0, 0.05) is 45.2 Å². The van der Waals surface area contributed by atoms with Gasteiger partial charge in [0.15, 0.2) is 0 Å². The van der Waals surface area contributed by atoms with Crippen LogP contribution >= 0.6 is 0 Å². The molecule has 2 saturated heterocycles. The summed E-state index contributed by atoms with van der Waals surface area (Å²) in [6, 6.07) is 6.13. The van der Waals surface area contributed by atoms with E-state index in [9.17, 15) is 22.8 Å². The quantitative estimate of drug-likeness (QED) is 0.600. The molecule has 10 heteroatoms. The van der Waals surface area contributed by atoms with Crippen LogP contribution in [-0.2, 0) is 29.1 Å². The van der Waals surface area contributed by atoms with Gasteiger partial charge in [-0.15, -0.1) is 0 Å². The van der Waals surface area contributed by atoms with Crippen LogP contribution in [0, 0.1) is 11.8 Å². The van der Waals surface area contributed by atoms with Crippen molar-refractivity contribution in [1.29, 1.82) is 0 Å². The molecule has 182 valence electrons. The minimum Gasteiger partial charge on any atom is -0.466 e. The first kappa shape index (κ1) is 25.2. The third-order valence-electron chi connectivity index (χ3n) is 6.24. The molecule has 0 aromatic heterocycles. The monoisotopic (exact) mass is 479 g/mol. The number of carbonyl (C=O) groups is 3. The second-order valence-electron chi connectivity index (χ2n) is 8.69. The lowest BCUT2D eigenvalue weighted by molar-refractivity contribution is -0.151. The molecule has 2 aliphatic heterocycles. The maximum absolute atomic E-state index is 13.0. The van der Waals surface area contributed by atoms with E-state index in [1.165, 1.54) is 23.4 Å². The number of likely N-dealkylation sites (tertiary alicyclic amines) is 1. The normalized spacial score (nSPS) is 20.3. The van der Waals surface area contributed by atoms with Crippen molar-refractivity contribution in [2.45, 2.75) is 50.8 Å². The van der Waals surface area contributed by atoms with E-state index in [1.54, 1.807) is 24.0 Å². The number of nitrogens with one attached hydrogen (secondary N) is 1. The molecular formula is C23H33N3O6S. The van der Waals surface area contributed by atoms with Crippen LogP contribution in [0.4, 0.5) is 5.69 Å². The molecule has 2 heterocycles. The zero-order chi connectivity index (χ0) is 24.0. The van der Waals surface area contributed by atoms with Gasteiger partial charge in [0.2, 0.25) is 21.8 Å². The van der Waals surface area contributed by atoms with Gasteiger partial charge in [-0.2, -0.15) is 4.31 Å². The molecular weight excluding hydrogens is 446 g/mol. The number of hydrogen-bond acceptors (Lipinski definition) is 6. The van der Waals surface area contributed by atoms with Gasteiger partial charge in [0.05, 0.1) is 17.4 Å². The smallest absolute Gasteiger partial charge is 0.310 e. The number of benzene rings is 1. The number of sulfonamides is 1. The van der Waals surface area contributed by atoms with Crippen LogP contribution in [0.1, 0.15) is 46.0 Å². The second kappa shape index (κ2) is 11.1.